The molecule has 1 aromatic carbocycles. The van der Waals surface area contributed by atoms with Crippen LogP contribution in [0, 0.1) is 0 Å². The number of ketones is 1. The number of nitrogens with zero attached hydrogens (tertiary/aromatic N) is 1. The average Bonchev–Trinajstić information content (AvgIpc) is 3.33. The summed E-state index contributed by atoms with van der Waals surface area (Å²) in [5.74, 6) is 0.459. The maximum Gasteiger partial charge on any atom is 0.182 e. The third-order valence-electron chi connectivity index (χ3n) is 5.13. The van der Waals surface area contributed by atoms with Gasteiger partial charge in [0.15, 0.2) is 5.78 Å². The largest absolute Gasteiger partial charge is 0.496 e. The number of aliphatic hydroxyl groups excluding tert-OH is 1. The van der Waals surface area contributed by atoms with Gasteiger partial charge in [-0.2, -0.15) is 0 Å². The van der Waals surface area contributed by atoms with E-state index in [0.29, 0.717) is 33.8 Å². The van der Waals surface area contributed by atoms with Crippen LogP contribution in [0.1, 0.15) is 34.1 Å². The molecule has 1 atom stereocenters. The van der Waals surface area contributed by atoms with Crippen LogP contribution in [0.4, 0.5) is 0 Å². The Morgan fingerprint density at radius 3 is 2.50 bits per heavy atom. The van der Waals surface area contributed by atoms with Gasteiger partial charge in [-0.1, -0.05) is 46.4 Å². The molecular formula is C20H16Cl4N2O4. The SMILES string of the molecule is COc1cc2c(c(OC)c1C(O)CC(=O)c1cc(Cl)c(Cl)[nH]1)Cn1c-2cc(Cl)c1Cl. The molecule has 0 bridgehead atoms. The fraction of sp³-hybridized carbons (Fsp3) is 0.250. The molecule has 158 valence electrons. The normalized spacial score (nSPS) is 13.2. The van der Waals surface area contributed by atoms with Crippen molar-refractivity contribution in [2.75, 3.05) is 14.2 Å². The standard InChI is InChI=1S/C20H16Cl4N2O4/c1-29-16-3-8-9(7-26-13(8)5-11(22)20(26)24)18(30-2)17(16)15(28)6-14(27)12-4-10(21)19(23)25-12/h3-5,15,25,28H,6-7H2,1-2H3. The number of fused-ring (bicyclic) bond motifs is 3. The topological polar surface area (TPSA) is 76.5 Å². The molecule has 10 heteroatoms. The zero-order valence-electron chi connectivity index (χ0n) is 15.9. The number of halogens is 4. The third-order valence-corrected chi connectivity index (χ3v) is 6.61. The summed E-state index contributed by atoms with van der Waals surface area (Å²) in [7, 11) is 2.98. The minimum atomic E-state index is -1.19. The Balaban J connectivity index is 1.74. The highest BCUT2D eigenvalue weighted by molar-refractivity contribution is 6.42. The van der Waals surface area contributed by atoms with Gasteiger partial charge in [-0.05, 0) is 18.2 Å². The van der Waals surface area contributed by atoms with Crippen molar-refractivity contribution in [3.05, 3.63) is 55.4 Å². The molecule has 0 amide bonds. The van der Waals surface area contributed by atoms with Gasteiger partial charge in [0, 0.05) is 17.5 Å². The number of aromatic amines is 1. The third kappa shape index (κ3) is 3.37. The molecule has 0 fully saturated rings. The summed E-state index contributed by atoms with van der Waals surface area (Å²) in [6.45, 7) is 0.416. The fourth-order valence-electron chi connectivity index (χ4n) is 3.77. The van der Waals surface area contributed by atoms with Crippen molar-refractivity contribution in [1.29, 1.82) is 0 Å². The van der Waals surface area contributed by atoms with E-state index in [1.165, 1.54) is 20.3 Å². The molecule has 0 aliphatic carbocycles. The number of hydrogen-bond donors (Lipinski definition) is 2. The second-order valence-electron chi connectivity index (χ2n) is 6.79. The first-order valence-electron chi connectivity index (χ1n) is 8.84. The van der Waals surface area contributed by atoms with Gasteiger partial charge >= 0.3 is 0 Å². The molecule has 4 rings (SSSR count). The molecule has 30 heavy (non-hydrogen) atoms. The average molecular weight is 490 g/mol. The Morgan fingerprint density at radius 2 is 1.90 bits per heavy atom. The fourth-order valence-corrected chi connectivity index (χ4v) is 4.49. The molecule has 0 saturated carbocycles. The molecule has 1 aliphatic heterocycles. The maximum absolute atomic E-state index is 12.6. The van der Waals surface area contributed by atoms with Crippen molar-refractivity contribution in [1.82, 2.24) is 9.55 Å². The highest BCUT2D eigenvalue weighted by Gasteiger charge is 2.32. The van der Waals surface area contributed by atoms with Crippen molar-refractivity contribution in [3.8, 4) is 22.8 Å². The van der Waals surface area contributed by atoms with E-state index < -0.39 is 6.10 Å². The molecule has 6 nitrogen and oxygen atoms in total. The smallest absolute Gasteiger partial charge is 0.182 e. The first-order chi connectivity index (χ1) is 14.3. The molecule has 0 spiro atoms. The van der Waals surface area contributed by atoms with Crippen LogP contribution >= 0.6 is 46.4 Å². The number of rotatable bonds is 6. The van der Waals surface area contributed by atoms with Gasteiger partial charge < -0.3 is 24.1 Å². The number of carbonyl (C=O) groups excluding carboxylic acids is 1. The monoisotopic (exact) mass is 488 g/mol. The molecule has 2 aromatic heterocycles. The summed E-state index contributed by atoms with van der Waals surface area (Å²) in [4.78, 5) is 15.3. The number of carbonyl (C=O) groups is 1. The molecule has 3 heterocycles. The van der Waals surface area contributed by atoms with Crippen molar-refractivity contribution >= 4 is 52.2 Å². The van der Waals surface area contributed by atoms with Gasteiger partial charge in [0.2, 0.25) is 0 Å². The van der Waals surface area contributed by atoms with E-state index in [1.54, 1.807) is 12.1 Å². The van der Waals surface area contributed by atoms with Crippen LogP contribution in [-0.2, 0) is 6.54 Å². The van der Waals surface area contributed by atoms with Gasteiger partial charge in [-0.3, -0.25) is 4.79 Å². The van der Waals surface area contributed by atoms with Gasteiger partial charge in [0.1, 0.15) is 21.8 Å². The van der Waals surface area contributed by atoms with Crippen LogP contribution in [0.5, 0.6) is 11.5 Å². The number of H-pyrrole nitrogens is 1. The zero-order chi connectivity index (χ0) is 21.7. The second-order valence-corrected chi connectivity index (χ2v) is 8.34. The van der Waals surface area contributed by atoms with Crippen LogP contribution in [0.3, 0.4) is 0 Å². The van der Waals surface area contributed by atoms with Gasteiger partial charge in [-0.15, -0.1) is 0 Å². The van der Waals surface area contributed by atoms with E-state index in [-0.39, 0.29) is 28.1 Å². The summed E-state index contributed by atoms with van der Waals surface area (Å²) in [5, 5.41) is 12.2. The number of benzene rings is 1. The maximum atomic E-state index is 12.6. The van der Waals surface area contributed by atoms with Crippen LogP contribution in [0.2, 0.25) is 20.4 Å². The number of hydrogen-bond acceptors (Lipinski definition) is 4. The summed E-state index contributed by atoms with van der Waals surface area (Å²) in [6.07, 6.45) is -1.41. The van der Waals surface area contributed by atoms with E-state index in [9.17, 15) is 9.90 Å². The molecule has 3 aromatic rings. The number of methoxy groups -OCH3 is 2. The molecule has 0 saturated heterocycles. The molecule has 0 radical (unpaired) electrons. The lowest BCUT2D eigenvalue weighted by molar-refractivity contribution is 0.0869. The van der Waals surface area contributed by atoms with Crippen LogP contribution < -0.4 is 9.47 Å². The quantitative estimate of drug-likeness (QED) is 0.336. The Morgan fingerprint density at radius 1 is 1.17 bits per heavy atom. The number of nitrogens with one attached hydrogen (secondary N) is 1. The van der Waals surface area contributed by atoms with E-state index >= 15 is 0 Å². The predicted octanol–water partition coefficient (Wildman–Crippen LogP) is 5.78. The minimum absolute atomic E-state index is 0.166. The summed E-state index contributed by atoms with van der Waals surface area (Å²) in [6, 6.07) is 4.98. The van der Waals surface area contributed by atoms with Gasteiger partial charge in [0.25, 0.3) is 0 Å². The lowest BCUT2D eigenvalue weighted by Crippen LogP contribution is -2.11. The second kappa shape index (κ2) is 8.02. The van der Waals surface area contributed by atoms with Crippen LogP contribution in [0.25, 0.3) is 11.3 Å². The molecule has 2 N–H and O–H groups in total. The Kier molecular flexibility index (Phi) is 5.72. The van der Waals surface area contributed by atoms with Crippen molar-refractivity contribution < 1.29 is 19.4 Å². The first kappa shape index (κ1) is 21.4. The Hall–Kier alpha value is -1.83. The number of Topliss-reactive ketones (excluding diaryl/α,β-unsaturated/α-hetero) is 1. The van der Waals surface area contributed by atoms with E-state index in [0.717, 1.165) is 16.8 Å². The van der Waals surface area contributed by atoms with E-state index in [1.807, 2.05) is 4.57 Å². The van der Waals surface area contributed by atoms with E-state index in [2.05, 4.69) is 4.98 Å². The molecule has 1 aliphatic rings. The Labute approximate surface area is 192 Å². The number of aromatic nitrogens is 2. The first-order valence-corrected chi connectivity index (χ1v) is 10.4. The lowest BCUT2D eigenvalue weighted by atomic mass is 9.95. The highest BCUT2D eigenvalue weighted by atomic mass is 35.5. The summed E-state index contributed by atoms with van der Waals surface area (Å²) in [5.41, 5.74) is 3.07. The highest BCUT2D eigenvalue weighted by Crippen LogP contribution is 2.49. The van der Waals surface area contributed by atoms with Crippen LogP contribution in [0.15, 0.2) is 18.2 Å². The van der Waals surface area contributed by atoms with Gasteiger partial charge in [0.05, 0.1) is 53.9 Å². The Bertz CT molecular complexity index is 1150. The minimum Gasteiger partial charge on any atom is -0.496 e. The zero-order valence-corrected chi connectivity index (χ0v) is 18.9. The van der Waals surface area contributed by atoms with Gasteiger partial charge in [-0.25, -0.2) is 0 Å². The van der Waals surface area contributed by atoms with Crippen molar-refractivity contribution in [2.24, 2.45) is 0 Å². The number of aliphatic hydroxyl groups is 1. The predicted molar refractivity (Wildman–Crippen MR) is 117 cm³/mol. The van der Waals surface area contributed by atoms with Crippen molar-refractivity contribution in [3.63, 3.8) is 0 Å². The van der Waals surface area contributed by atoms with E-state index in [4.69, 9.17) is 55.9 Å². The molecular weight excluding hydrogens is 474 g/mol. The summed E-state index contributed by atoms with van der Waals surface area (Å²) >= 11 is 24.2. The number of ether oxygens (including phenoxy) is 2. The van der Waals surface area contributed by atoms with Crippen LogP contribution in [-0.4, -0.2) is 34.7 Å². The van der Waals surface area contributed by atoms with Crippen molar-refractivity contribution in [2.45, 2.75) is 19.1 Å². The summed E-state index contributed by atoms with van der Waals surface area (Å²) < 4.78 is 13.0. The molecule has 1 unspecified atom stereocenters. The lowest BCUT2D eigenvalue weighted by Gasteiger charge is -2.20.